The Kier molecular flexibility index (Phi) is 3.26. The maximum atomic E-state index is 12.6. The molecule has 108 valence electrons. The lowest BCUT2D eigenvalue weighted by Crippen LogP contribution is -2.06. The van der Waals surface area contributed by atoms with E-state index in [4.69, 9.17) is 4.74 Å². The van der Waals surface area contributed by atoms with Gasteiger partial charge in [0.15, 0.2) is 0 Å². The van der Waals surface area contributed by atoms with Crippen LogP contribution in [-0.4, -0.2) is 25.5 Å². The van der Waals surface area contributed by atoms with Gasteiger partial charge in [-0.1, -0.05) is 0 Å². The molecule has 2 heterocycles. The van der Waals surface area contributed by atoms with Gasteiger partial charge < -0.3 is 9.72 Å². The van der Waals surface area contributed by atoms with Crippen LogP contribution in [0.3, 0.4) is 0 Å². The summed E-state index contributed by atoms with van der Waals surface area (Å²) in [5.74, 6) is 0.568. The molecule has 0 spiro atoms. The van der Waals surface area contributed by atoms with Crippen molar-refractivity contribution in [2.45, 2.75) is 9.79 Å². The number of hydrogen-bond donors (Lipinski definition) is 1. The first-order valence-electron chi connectivity index (χ1n) is 5.88. The number of nitrogens with one attached hydrogen (secondary N) is 1. The zero-order valence-electron chi connectivity index (χ0n) is 10.9. The molecule has 0 amide bonds. The Morgan fingerprint density at radius 1 is 1.24 bits per heavy atom. The Morgan fingerprint density at radius 2 is 1.95 bits per heavy atom. The van der Waals surface area contributed by atoms with Gasteiger partial charge >= 0.3 is 0 Å². The van der Waals surface area contributed by atoms with Crippen molar-refractivity contribution in [2.24, 2.45) is 0 Å². The monoisotopic (exact) mass is 322 g/mol. The van der Waals surface area contributed by atoms with Crippen LogP contribution in [0.25, 0.3) is 10.2 Å². The van der Waals surface area contributed by atoms with E-state index in [0.29, 0.717) is 10.4 Å². The Balaban J connectivity index is 2.20. The molecule has 0 fully saturated rings. The van der Waals surface area contributed by atoms with Crippen LogP contribution in [0.15, 0.2) is 50.6 Å². The number of aromatic amines is 1. The lowest BCUT2D eigenvalue weighted by Gasteiger charge is -2.04. The molecule has 0 saturated carbocycles. The van der Waals surface area contributed by atoms with Gasteiger partial charge in [-0.15, -0.1) is 11.3 Å². The van der Waals surface area contributed by atoms with E-state index in [2.05, 4.69) is 9.97 Å². The van der Waals surface area contributed by atoms with Gasteiger partial charge in [-0.05, 0) is 24.3 Å². The van der Waals surface area contributed by atoms with E-state index in [1.165, 1.54) is 30.9 Å². The van der Waals surface area contributed by atoms with Crippen molar-refractivity contribution in [1.29, 1.82) is 0 Å². The quantitative estimate of drug-likeness (QED) is 0.794. The lowest BCUT2D eigenvalue weighted by molar-refractivity contribution is 0.414. The largest absolute Gasteiger partial charge is 0.497 e. The molecule has 0 bridgehead atoms. The number of benzene rings is 1. The third-order valence-electron chi connectivity index (χ3n) is 2.99. The average molecular weight is 322 g/mol. The zero-order chi connectivity index (χ0) is 15.0. The zero-order valence-corrected chi connectivity index (χ0v) is 12.5. The minimum atomic E-state index is -3.72. The van der Waals surface area contributed by atoms with Gasteiger partial charge in [0.1, 0.15) is 20.9 Å². The molecule has 0 aliphatic carbocycles. The molecule has 1 N–H and O–H groups in total. The first-order valence-corrected chi connectivity index (χ1v) is 8.24. The number of hydrogen-bond acceptors (Lipinski definition) is 6. The smallest absolute Gasteiger partial charge is 0.268 e. The summed E-state index contributed by atoms with van der Waals surface area (Å²) in [6.07, 6.45) is 1.20. The van der Waals surface area contributed by atoms with E-state index in [-0.39, 0.29) is 20.9 Å². The van der Waals surface area contributed by atoms with Gasteiger partial charge in [0, 0.05) is 5.38 Å². The number of nitrogens with zero attached hydrogens (tertiary/aromatic N) is 1. The molecule has 0 aliphatic rings. The van der Waals surface area contributed by atoms with E-state index in [1.54, 1.807) is 12.1 Å². The first-order chi connectivity index (χ1) is 10.0. The van der Waals surface area contributed by atoms with E-state index < -0.39 is 9.84 Å². The summed E-state index contributed by atoms with van der Waals surface area (Å²) in [6.45, 7) is 0. The average Bonchev–Trinajstić information content (AvgIpc) is 2.93. The number of rotatable bonds is 3. The van der Waals surface area contributed by atoms with E-state index >= 15 is 0 Å². The highest BCUT2D eigenvalue weighted by Gasteiger charge is 2.23. The third-order valence-corrected chi connectivity index (χ3v) is 5.89. The van der Waals surface area contributed by atoms with Gasteiger partial charge in [-0.3, -0.25) is 4.79 Å². The predicted octanol–water partition coefficient (Wildman–Crippen LogP) is 1.83. The van der Waals surface area contributed by atoms with Crippen LogP contribution in [0.2, 0.25) is 0 Å². The first kappa shape index (κ1) is 13.8. The van der Waals surface area contributed by atoms with Crippen molar-refractivity contribution >= 4 is 31.4 Å². The summed E-state index contributed by atoms with van der Waals surface area (Å²) < 4.78 is 30.6. The standard InChI is InChI=1S/C13H10N2O4S2/c1-19-8-2-4-9(5-3-8)21(17,18)10-6-20-12-11(10)14-7-15-13(12)16/h2-7H,1H3,(H,14,15,16). The highest BCUT2D eigenvalue weighted by molar-refractivity contribution is 7.92. The molecule has 3 rings (SSSR count). The number of thiophene rings is 1. The van der Waals surface area contributed by atoms with E-state index in [1.807, 2.05) is 0 Å². The summed E-state index contributed by atoms with van der Waals surface area (Å²) >= 11 is 1.06. The maximum absolute atomic E-state index is 12.6. The van der Waals surface area contributed by atoms with Gasteiger partial charge in [0.05, 0.1) is 18.3 Å². The van der Waals surface area contributed by atoms with Gasteiger partial charge in [-0.2, -0.15) is 0 Å². The van der Waals surface area contributed by atoms with Crippen LogP contribution in [-0.2, 0) is 9.84 Å². The second kappa shape index (κ2) is 4.97. The topological polar surface area (TPSA) is 89.1 Å². The van der Waals surface area contributed by atoms with Gasteiger partial charge in [0.2, 0.25) is 9.84 Å². The summed E-state index contributed by atoms with van der Waals surface area (Å²) in [5.41, 5.74) is -0.152. The molecule has 0 atom stereocenters. The fraction of sp³-hybridized carbons (Fsp3) is 0.0769. The number of sulfone groups is 1. The fourth-order valence-corrected chi connectivity index (χ4v) is 4.56. The Labute approximate surface area is 124 Å². The van der Waals surface area contributed by atoms with Crippen LogP contribution in [0, 0.1) is 0 Å². The molecule has 0 saturated heterocycles. The number of H-pyrrole nitrogens is 1. The molecular formula is C13H10N2O4S2. The molecule has 3 aromatic rings. The summed E-state index contributed by atoms with van der Waals surface area (Å²) in [6, 6.07) is 6.07. The summed E-state index contributed by atoms with van der Waals surface area (Å²) in [4.78, 5) is 18.2. The summed E-state index contributed by atoms with van der Waals surface area (Å²) in [7, 11) is -2.22. The fourth-order valence-electron chi connectivity index (χ4n) is 1.91. The molecule has 6 nitrogen and oxygen atoms in total. The lowest BCUT2D eigenvalue weighted by atomic mass is 10.3. The number of aromatic nitrogens is 2. The molecule has 8 heteroatoms. The van der Waals surface area contributed by atoms with Crippen molar-refractivity contribution < 1.29 is 13.2 Å². The molecule has 0 radical (unpaired) electrons. The SMILES string of the molecule is COc1ccc(S(=O)(=O)c2csc3c(=O)[nH]cnc23)cc1. The van der Waals surface area contributed by atoms with Crippen molar-refractivity contribution in [3.63, 3.8) is 0 Å². The minimum absolute atomic E-state index is 0.0405. The molecule has 0 unspecified atom stereocenters. The Hall–Kier alpha value is -2.19. The third kappa shape index (κ3) is 2.22. The van der Waals surface area contributed by atoms with Crippen molar-refractivity contribution in [1.82, 2.24) is 9.97 Å². The van der Waals surface area contributed by atoms with Crippen molar-refractivity contribution in [3.05, 3.63) is 46.3 Å². The van der Waals surface area contributed by atoms with Crippen LogP contribution < -0.4 is 10.3 Å². The maximum Gasteiger partial charge on any atom is 0.268 e. The number of fused-ring (bicyclic) bond motifs is 1. The highest BCUT2D eigenvalue weighted by atomic mass is 32.2. The van der Waals surface area contributed by atoms with E-state index in [0.717, 1.165) is 11.3 Å². The Morgan fingerprint density at radius 3 is 2.62 bits per heavy atom. The van der Waals surface area contributed by atoms with Crippen LogP contribution >= 0.6 is 11.3 Å². The van der Waals surface area contributed by atoms with Crippen molar-refractivity contribution in [3.8, 4) is 5.75 Å². The van der Waals surface area contributed by atoms with Gasteiger partial charge in [-0.25, -0.2) is 13.4 Å². The van der Waals surface area contributed by atoms with Crippen LogP contribution in [0.5, 0.6) is 5.75 Å². The summed E-state index contributed by atoms with van der Waals surface area (Å²) in [5, 5.41) is 1.44. The number of ether oxygens (including phenoxy) is 1. The molecule has 1 aromatic carbocycles. The molecule has 21 heavy (non-hydrogen) atoms. The highest BCUT2D eigenvalue weighted by Crippen LogP contribution is 2.30. The minimum Gasteiger partial charge on any atom is -0.497 e. The number of methoxy groups -OCH3 is 1. The molecule has 0 aliphatic heterocycles. The second-order valence-electron chi connectivity index (χ2n) is 4.19. The Bertz CT molecular complexity index is 956. The van der Waals surface area contributed by atoms with Crippen molar-refractivity contribution in [2.75, 3.05) is 7.11 Å². The normalized spacial score (nSPS) is 11.7. The van der Waals surface area contributed by atoms with Crippen LogP contribution in [0.1, 0.15) is 0 Å². The predicted molar refractivity (Wildman–Crippen MR) is 78.7 cm³/mol. The van der Waals surface area contributed by atoms with Crippen LogP contribution in [0.4, 0.5) is 0 Å². The molecular weight excluding hydrogens is 312 g/mol. The molecule has 2 aromatic heterocycles. The van der Waals surface area contributed by atoms with E-state index in [9.17, 15) is 13.2 Å². The van der Waals surface area contributed by atoms with Gasteiger partial charge in [0.25, 0.3) is 5.56 Å². The second-order valence-corrected chi connectivity index (χ2v) is 6.99.